The van der Waals surface area contributed by atoms with Crippen LogP contribution >= 0.6 is 23.2 Å². The number of aromatic nitrogens is 1. The Morgan fingerprint density at radius 3 is 2.30 bits per heavy atom. The number of carbonyl (C=O) groups is 2. The number of fused-ring (bicyclic) bond motifs is 3. The number of nitrogens with zero attached hydrogens (tertiary/aromatic N) is 3. The lowest BCUT2D eigenvalue weighted by Gasteiger charge is -2.44. The van der Waals surface area contributed by atoms with E-state index in [1.165, 1.54) is 47.6 Å². The topological polar surface area (TPSA) is 90.4 Å². The first-order valence-corrected chi connectivity index (χ1v) is 18.6. The average Bonchev–Trinajstić information content (AvgIpc) is 4.00. The Morgan fingerprint density at radius 1 is 0.926 bits per heavy atom. The summed E-state index contributed by atoms with van der Waals surface area (Å²) in [5.41, 5.74) is 1.77. The summed E-state index contributed by atoms with van der Waals surface area (Å²) in [6.45, 7) is -0.146. The van der Waals surface area contributed by atoms with Gasteiger partial charge in [0.1, 0.15) is 18.0 Å². The highest BCUT2D eigenvalue weighted by Crippen LogP contribution is 2.38. The number of para-hydroxylation sites is 1. The van der Waals surface area contributed by atoms with Gasteiger partial charge in [-0.1, -0.05) is 53.5 Å². The zero-order chi connectivity index (χ0) is 37.8. The van der Waals surface area contributed by atoms with Crippen molar-refractivity contribution in [3.8, 4) is 11.5 Å². The maximum atomic E-state index is 15.1. The smallest absolute Gasteiger partial charge is 0.415 e. The second-order valence-corrected chi connectivity index (χ2v) is 14.6. The number of rotatable bonds is 14. The molecule has 0 radical (unpaired) electrons. The normalized spacial score (nSPS) is 19.6. The highest BCUT2D eigenvalue weighted by molar-refractivity contribution is 6.35. The molecule has 1 saturated carbocycles. The lowest BCUT2D eigenvalue weighted by atomic mass is 9.86. The van der Waals surface area contributed by atoms with Crippen molar-refractivity contribution in [1.29, 1.82) is 0 Å². The summed E-state index contributed by atoms with van der Waals surface area (Å²) in [5.74, 6) is -0.732. The molecule has 1 amide bonds. The molecule has 0 unspecified atom stereocenters. The summed E-state index contributed by atoms with van der Waals surface area (Å²) in [6.07, 6.45) is 4.81. The first-order chi connectivity index (χ1) is 26.1. The molecule has 4 fully saturated rings. The number of hydrogen-bond donors (Lipinski definition) is 0. The van der Waals surface area contributed by atoms with Gasteiger partial charge in [-0.05, 0) is 104 Å². The molecule has 8 rings (SSSR count). The SMILES string of the molecule is O=C(O[C@@H](Cc1c(Cl)cncc1Cl)c1ccc(OC(F)F)c(OCC2CC2)c1)c1ccc(CN(C(=O)O[C@H]2CN3CCC2CC3)c2ccccc2F)cc1. The van der Waals surface area contributed by atoms with E-state index in [2.05, 4.69) is 9.88 Å². The number of carbonyl (C=O) groups excluding carboxylic acids is 2. The molecule has 284 valence electrons. The maximum absolute atomic E-state index is 15.1. The van der Waals surface area contributed by atoms with Crippen molar-refractivity contribution in [3.05, 3.63) is 117 Å². The van der Waals surface area contributed by atoms with Gasteiger partial charge in [0, 0.05) is 25.4 Å². The third kappa shape index (κ3) is 9.22. The zero-order valence-corrected chi connectivity index (χ0v) is 30.7. The minimum atomic E-state index is -3.07. The Labute approximate surface area is 320 Å². The van der Waals surface area contributed by atoms with Gasteiger partial charge in [0.2, 0.25) is 0 Å². The van der Waals surface area contributed by atoms with Gasteiger partial charge in [-0.25, -0.2) is 14.0 Å². The minimum absolute atomic E-state index is 0.0193. The molecule has 2 bridgehead atoms. The van der Waals surface area contributed by atoms with Crippen LogP contribution in [0.15, 0.2) is 79.1 Å². The summed E-state index contributed by atoms with van der Waals surface area (Å²) in [4.78, 5) is 34.9. The number of halogens is 5. The van der Waals surface area contributed by atoms with Gasteiger partial charge < -0.3 is 18.9 Å². The summed E-state index contributed by atoms with van der Waals surface area (Å²) < 4.78 is 64.2. The van der Waals surface area contributed by atoms with Gasteiger partial charge in [-0.2, -0.15) is 8.78 Å². The van der Waals surface area contributed by atoms with E-state index in [1.807, 2.05) is 0 Å². The number of benzene rings is 3. The van der Waals surface area contributed by atoms with Gasteiger partial charge >= 0.3 is 18.7 Å². The van der Waals surface area contributed by atoms with Crippen LogP contribution in [-0.2, 0) is 22.4 Å². The van der Waals surface area contributed by atoms with E-state index in [9.17, 15) is 18.4 Å². The largest absolute Gasteiger partial charge is 0.489 e. The lowest BCUT2D eigenvalue weighted by Crippen LogP contribution is -2.53. The van der Waals surface area contributed by atoms with Crippen LogP contribution < -0.4 is 14.4 Å². The second kappa shape index (κ2) is 16.9. The van der Waals surface area contributed by atoms with E-state index in [-0.39, 0.29) is 57.8 Å². The fourth-order valence-corrected chi connectivity index (χ4v) is 7.37. The fourth-order valence-electron chi connectivity index (χ4n) is 6.85. The van der Waals surface area contributed by atoms with E-state index >= 15 is 4.39 Å². The number of pyridine rings is 1. The lowest BCUT2D eigenvalue weighted by molar-refractivity contribution is -0.0515. The van der Waals surface area contributed by atoms with E-state index in [4.69, 9.17) is 42.1 Å². The first-order valence-electron chi connectivity index (χ1n) is 17.9. The van der Waals surface area contributed by atoms with Crippen molar-refractivity contribution < 1.29 is 41.7 Å². The van der Waals surface area contributed by atoms with Gasteiger partial charge in [0.15, 0.2) is 11.5 Å². The predicted molar refractivity (Wildman–Crippen MR) is 196 cm³/mol. The molecule has 2 atom stereocenters. The molecule has 4 aromatic rings. The minimum Gasteiger partial charge on any atom is -0.489 e. The third-order valence-electron chi connectivity index (χ3n) is 10.1. The van der Waals surface area contributed by atoms with Gasteiger partial charge in [-0.15, -0.1) is 0 Å². The van der Waals surface area contributed by atoms with E-state index in [1.54, 1.807) is 36.4 Å². The van der Waals surface area contributed by atoms with Crippen LogP contribution in [-0.4, -0.2) is 60.9 Å². The van der Waals surface area contributed by atoms with Crippen molar-refractivity contribution in [1.82, 2.24) is 9.88 Å². The molecule has 1 aromatic heterocycles. The molecule has 0 N–H and O–H groups in total. The number of piperidine rings is 3. The number of ether oxygens (including phenoxy) is 4. The van der Waals surface area contributed by atoms with Crippen LogP contribution in [0.5, 0.6) is 11.5 Å². The molecular formula is C40H38Cl2F3N3O6. The highest BCUT2D eigenvalue weighted by atomic mass is 35.5. The quantitative estimate of drug-likeness (QED) is 0.117. The predicted octanol–water partition coefficient (Wildman–Crippen LogP) is 9.30. The number of amides is 1. The first kappa shape index (κ1) is 37.8. The summed E-state index contributed by atoms with van der Waals surface area (Å²) in [6, 6.07) is 16.8. The van der Waals surface area contributed by atoms with Gasteiger partial charge in [-0.3, -0.25) is 14.8 Å². The Kier molecular flexibility index (Phi) is 11.8. The fraction of sp³-hybridized carbons (Fsp3) is 0.375. The van der Waals surface area contributed by atoms with Crippen LogP contribution in [0.1, 0.15) is 58.8 Å². The van der Waals surface area contributed by atoms with Crippen molar-refractivity contribution in [2.45, 2.75) is 57.5 Å². The number of hydrogen-bond acceptors (Lipinski definition) is 8. The number of alkyl halides is 2. The third-order valence-corrected chi connectivity index (χ3v) is 10.7. The Balaban J connectivity index is 1.11. The monoisotopic (exact) mass is 783 g/mol. The maximum Gasteiger partial charge on any atom is 0.415 e. The number of esters is 1. The van der Waals surface area contributed by atoms with Gasteiger partial charge in [0.25, 0.3) is 0 Å². The Hall–Kier alpha value is -4.52. The number of anilines is 1. The van der Waals surface area contributed by atoms with Gasteiger partial charge in [0.05, 0.1) is 34.4 Å². The molecule has 54 heavy (non-hydrogen) atoms. The molecule has 14 heteroatoms. The highest BCUT2D eigenvalue weighted by Gasteiger charge is 2.38. The molecule has 3 aromatic carbocycles. The Bertz CT molecular complexity index is 1940. The zero-order valence-electron chi connectivity index (χ0n) is 29.1. The summed E-state index contributed by atoms with van der Waals surface area (Å²) in [5, 5.41) is 0.504. The molecular weight excluding hydrogens is 746 g/mol. The summed E-state index contributed by atoms with van der Waals surface area (Å²) in [7, 11) is 0. The van der Waals surface area contributed by atoms with E-state index < -0.39 is 30.6 Å². The van der Waals surface area contributed by atoms with E-state index in [0.717, 1.165) is 38.8 Å². The van der Waals surface area contributed by atoms with Crippen LogP contribution in [0.3, 0.4) is 0 Å². The van der Waals surface area contributed by atoms with Crippen molar-refractivity contribution in [2.75, 3.05) is 31.1 Å². The molecule has 1 aliphatic carbocycles. The molecule has 0 spiro atoms. The van der Waals surface area contributed by atoms with Crippen molar-refractivity contribution in [3.63, 3.8) is 0 Å². The molecule has 3 aliphatic heterocycles. The molecule has 4 heterocycles. The Morgan fingerprint density at radius 2 is 1.65 bits per heavy atom. The van der Waals surface area contributed by atoms with E-state index in [0.29, 0.717) is 35.8 Å². The summed E-state index contributed by atoms with van der Waals surface area (Å²) >= 11 is 12.9. The van der Waals surface area contributed by atoms with Crippen LogP contribution in [0.25, 0.3) is 0 Å². The van der Waals surface area contributed by atoms with Crippen molar-refractivity contribution in [2.24, 2.45) is 11.8 Å². The average molecular weight is 785 g/mol. The van der Waals surface area contributed by atoms with Crippen LogP contribution in [0, 0.1) is 17.7 Å². The molecule has 4 aliphatic rings. The van der Waals surface area contributed by atoms with Crippen LogP contribution in [0.4, 0.5) is 23.7 Å². The van der Waals surface area contributed by atoms with Crippen molar-refractivity contribution >= 4 is 41.0 Å². The molecule has 3 saturated heterocycles. The van der Waals surface area contributed by atoms with Crippen LogP contribution in [0.2, 0.25) is 10.0 Å². The standard InChI is InChI=1S/C40H38Cl2F3N3O6/c41-30-19-46-20-31(42)29(30)18-35(28-11-12-34(53-39(44)45)36(17-28)51-23-25-5-6-25)52-38(49)27-9-7-24(8-10-27)21-48(33-4-2-1-3-32(33)43)40(50)54-37-22-47-15-13-26(37)14-16-47/h1-4,7-12,17,19-20,25-26,35,37,39H,5-6,13-16,18,21-23H2/t35-,37-/m0/s1. The second-order valence-electron chi connectivity index (χ2n) is 13.8. The molecule has 9 nitrogen and oxygen atoms in total.